The number of halogens is 1. The second-order valence-corrected chi connectivity index (χ2v) is 11.7. The summed E-state index contributed by atoms with van der Waals surface area (Å²) in [6, 6.07) is 2.41. The molecular formula is C29H39FN4O4. The van der Waals surface area contributed by atoms with Gasteiger partial charge in [-0.2, -0.15) is 0 Å². The van der Waals surface area contributed by atoms with Crippen LogP contribution in [-0.2, 0) is 16.0 Å². The van der Waals surface area contributed by atoms with E-state index in [9.17, 15) is 23.9 Å². The van der Waals surface area contributed by atoms with Crippen molar-refractivity contribution < 1.29 is 23.9 Å². The molecule has 1 amide bonds. The first-order chi connectivity index (χ1) is 18.4. The number of hydrogen-bond acceptors (Lipinski definition) is 5. The van der Waals surface area contributed by atoms with Crippen molar-refractivity contribution in [3.63, 3.8) is 0 Å². The number of aromatic amines is 1. The van der Waals surface area contributed by atoms with Gasteiger partial charge in [-0.3, -0.25) is 14.6 Å². The Morgan fingerprint density at radius 3 is 2.50 bits per heavy atom. The number of amides is 1. The Morgan fingerprint density at radius 1 is 1.08 bits per heavy atom. The largest absolute Gasteiger partial charge is 0.477 e. The molecule has 38 heavy (non-hydrogen) atoms. The maximum Gasteiger partial charge on any atom is 0.352 e. The van der Waals surface area contributed by atoms with Gasteiger partial charge in [0.05, 0.1) is 24.2 Å². The predicted octanol–water partition coefficient (Wildman–Crippen LogP) is 4.27. The van der Waals surface area contributed by atoms with Crippen LogP contribution >= 0.6 is 0 Å². The second-order valence-electron chi connectivity index (χ2n) is 11.7. The molecule has 1 aliphatic heterocycles. The van der Waals surface area contributed by atoms with E-state index in [0.29, 0.717) is 41.9 Å². The number of fused-ring (bicyclic) bond motifs is 1. The van der Waals surface area contributed by atoms with E-state index in [0.717, 1.165) is 32.1 Å². The summed E-state index contributed by atoms with van der Waals surface area (Å²) in [5.41, 5.74) is 7.20. The number of ketones is 1. The lowest BCUT2D eigenvalue weighted by molar-refractivity contribution is -0.143. The number of nitrogens with two attached hydrogens (primary N) is 1. The molecular weight excluding hydrogens is 487 g/mol. The molecule has 3 aliphatic rings. The minimum atomic E-state index is -1.05. The quantitative estimate of drug-likeness (QED) is 0.471. The highest BCUT2D eigenvalue weighted by Crippen LogP contribution is 2.41. The highest BCUT2D eigenvalue weighted by atomic mass is 19.1. The van der Waals surface area contributed by atoms with E-state index in [1.807, 2.05) is 4.90 Å². The minimum absolute atomic E-state index is 0.0143. The molecule has 2 aromatic heterocycles. The molecule has 8 nitrogen and oxygen atoms in total. The number of aromatic nitrogens is 2. The highest BCUT2D eigenvalue weighted by molar-refractivity contribution is 5.95. The van der Waals surface area contributed by atoms with Gasteiger partial charge >= 0.3 is 5.97 Å². The molecule has 2 saturated carbocycles. The van der Waals surface area contributed by atoms with Crippen molar-refractivity contribution in [1.29, 1.82) is 0 Å². The number of alkyl halides is 1. The van der Waals surface area contributed by atoms with Gasteiger partial charge in [0, 0.05) is 29.6 Å². The number of nitrogens with one attached hydrogen (secondary N) is 1. The molecule has 0 spiro atoms. The van der Waals surface area contributed by atoms with Crippen molar-refractivity contribution in [2.45, 2.75) is 82.7 Å². The maximum atomic E-state index is 13.9. The van der Waals surface area contributed by atoms with E-state index in [1.165, 1.54) is 19.3 Å². The number of likely N-dealkylation sites (tertiary alicyclic amines) is 1. The van der Waals surface area contributed by atoms with Gasteiger partial charge in [0.2, 0.25) is 5.91 Å². The zero-order chi connectivity index (χ0) is 26.8. The van der Waals surface area contributed by atoms with Crippen molar-refractivity contribution in [2.75, 3.05) is 13.2 Å². The van der Waals surface area contributed by atoms with Crippen LogP contribution in [0.3, 0.4) is 0 Å². The monoisotopic (exact) mass is 526 g/mol. The molecule has 2 aliphatic carbocycles. The third-order valence-corrected chi connectivity index (χ3v) is 9.37. The number of carboxylic acid groups (broad SMARTS) is 1. The molecule has 5 rings (SSSR count). The van der Waals surface area contributed by atoms with E-state index >= 15 is 0 Å². The van der Waals surface area contributed by atoms with Gasteiger partial charge in [0.15, 0.2) is 5.78 Å². The van der Waals surface area contributed by atoms with Crippen LogP contribution in [0.15, 0.2) is 18.3 Å². The molecule has 1 saturated heterocycles. The molecule has 0 bridgehead atoms. The molecule has 0 radical (unpaired) electrons. The van der Waals surface area contributed by atoms with Crippen LogP contribution in [0.2, 0.25) is 0 Å². The third-order valence-electron chi connectivity index (χ3n) is 9.37. The van der Waals surface area contributed by atoms with Crippen molar-refractivity contribution in [3.8, 4) is 0 Å². The maximum absolute atomic E-state index is 13.9. The fourth-order valence-corrected chi connectivity index (χ4v) is 7.26. The normalized spacial score (nSPS) is 27.5. The molecule has 9 heteroatoms. The Morgan fingerprint density at radius 2 is 1.82 bits per heavy atom. The molecule has 0 aromatic carbocycles. The molecule has 3 atom stereocenters. The first kappa shape index (κ1) is 26.8. The van der Waals surface area contributed by atoms with Gasteiger partial charge < -0.3 is 20.7 Å². The number of hydrogen-bond donors (Lipinski definition) is 3. The summed E-state index contributed by atoms with van der Waals surface area (Å²) in [4.78, 5) is 48.1. The molecule has 2 aromatic rings. The van der Waals surface area contributed by atoms with E-state index in [4.69, 9.17) is 5.73 Å². The van der Waals surface area contributed by atoms with Crippen LogP contribution in [0.4, 0.5) is 4.39 Å². The predicted molar refractivity (Wildman–Crippen MR) is 141 cm³/mol. The smallest absolute Gasteiger partial charge is 0.352 e. The SMILES string of the molecule is N[C@H](CF)C1CCC(C(=O)N2CC[C@@H](C3CCCCC3)[C@H]2C(=O)Cc2cc3cc(C(=O)O)[nH]c3cn2)CC1. The van der Waals surface area contributed by atoms with Crippen LogP contribution in [0.25, 0.3) is 10.9 Å². The first-order valence-corrected chi connectivity index (χ1v) is 14.2. The van der Waals surface area contributed by atoms with Crippen LogP contribution in [-0.4, -0.2) is 62.9 Å². The lowest BCUT2D eigenvalue weighted by atomic mass is 9.75. The van der Waals surface area contributed by atoms with Gasteiger partial charge in [-0.1, -0.05) is 32.1 Å². The Hall–Kier alpha value is -2.81. The number of carbonyl (C=O) groups excluding carboxylic acids is 2. The van der Waals surface area contributed by atoms with Crippen molar-refractivity contribution in [1.82, 2.24) is 14.9 Å². The average molecular weight is 527 g/mol. The fraction of sp³-hybridized carbons (Fsp3) is 0.655. The lowest BCUT2D eigenvalue weighted by Gasteiger charge is -2.36. The first-order valence-electron chi connectivity index (χ1n) is 14.2. The molecule has 0 unspecified atom stereocenters. The van der Waals surface area contributed by atoms with Gasteiger partial charge in [-0.25, -0.2) is 9.18 Å². The van der Waals surface area contributed by atoms with Crippen LogP contribution in [0.1, 0.15) is 80.4 Å². The minimum Gasteiger partial charge on any atom is -0.477 e. The summed E-state index contributed by atoms with van der Waals surface area (Å²) in [6.45, 7) is 0.0713. The molecule has 4 N–H and O–H groups in total. The Labute approximate surface area is 222 Å². The van der Waals surface area contributed by atoms with E-state index in [1.54, 1.807) is 18.3 Å². The van der Waals surface area contributed by atoms with Gasteiger partial charge in [-0.15, -0.1) is 0 Å². The van der Waals surface area contributed by atoms with Gasteiger partial charge in [0.25, 0.3) is 0 Å². The number of pyridine rings is 1. The number of rotatable bonds is 8. The average Bonchev–Trinajstić information content (AvgIpc) is 3.58. The van der Waals surface area contributed by atoms with Gasteiger partial charge in [0.1, 0.15) is 12.4 Å². The standard InChI is InChI=1S/C29H39FN4O4/c30-15-23(31)18-6-8-19(9-7-18)28(36)34-11-10-22(17-4-2-1-3-5-17)27(34)26(35)14-21-12-20-13-24(29(37)38)33-25(20)16-32-21/h12-13,16-19,22-23,27,33H,1-11,14-15,31H2,(H,37,38)/t18?,19?,22-,23+,27-/m0/s1. The van der Waals surface area contributed by atoms with Crippen LogP contribution in [0, 0.1) is 23.7 Å². The number of nitrogens with zero attached hydrogens (tertiary/aromatic N) is 2. The number of carboxylic acids is 1. The number of H-pyrrole nitrogens is 1. The van der Waals surface area contributed by atoms with E-state index in [2.05, 4.69) is 9.97 Å². The molecule has 3 fully saturated rings. The number of carbonyl (C=O) groups is 3. The second kappa shape index (κ2) is 11.5. The fourth-order valence-electron chi connectivity index (χ4n) is 7.26. The van der Waals surface area contributed by atoms with E-state index in [-0.39, 0.29) is 41.6 Å². The highest BCUT2D eigenvalue weighted by Gasteiger charge is 2.46. The van der Waals surface area contributed by atoms with Gasteiger partial charge in [-0.05, 0) is 62.0 Å². The topological polar surface area (TPSA) is 129 Å². The number of aromatic carboxylic acids is 1. The zero-order valence-electron chi connectivity index (χ0n) is 21.9. The summed E-state index contributed by atoms with van der Waals surface area (Å²) in [5, 5.41) is 9.97. The van der Waals surface area contributed by atoms with Crippen molar-refractivity contribution >= 4 is 28.6 Å². The summed E-state index contributed by atoms with van der Waals surface area (Å²) in [6.07, 6.45) is 11.2. The molecule has 206 valence electrons. The summed E-state index contributed by atoms with van der Waals surface area (Å²) in [5.74, 6) is -0.373. The number of Topliss-reactive ketones (excluding diaryl/α,β-unsaturated/α-hetero) is 1. The van der Waals surface area contributed by atoms with Crippen LogP contribution in [0.5, 0.6) is 0 Å². The Balaban J connectivity index is 1.34. The lowest BCUT2D eigenvalue weighted by Crippen LogP contribution is -2.48. The van der Waals surface area contributed by atoms with E-state index < -0.39 is 24.7 Å². The Kier molecular flexibility index (Phi) is 8.12. The van der Waals surface area contributed by atoms with Crippen molar-refractivity contribution in [2.24, 2.45) is 29.4 Å². The molecule has 3 heterocycles. The Bertz CT molecular complexity index is 1170. The zero-order valence-corrected chi connectivity index (χ0v) is 21.9. The van der Waals surface area contributed by atoms with Crippen molar-refractivity contribution in [3.05, 3.63) is 29.7 Å². The third kappa shape index (κ3) is 5.48. The van der Waals surface area contributed by atoms with Crippen LogP contribution < -0.4 is 5.73 Å². The summed E-state index contributed by atoms with van der Waals surface area (Å²) < 4.78 is 13.1. The summed E-state index contributed by atoms with van der Waals surface area (Å²) in [7, 11) is 0. The summed E-state index contributed by atoms with van der Waals surface area (Å²) >= 11 is 0.